The maximum absolute atomic E-state index is 13.0. The quantitative estimate of drug-likeness (QED) is 0.599. The van der Waals surface area contributed by atoms with E-state index in [1.807, 2.05) is 6.92 Å². The van der Waals surface area contributed by atoms with Gasteiger partial charge in [0.15, 0.2) is 0 Å². The molecule has 3 aliphatic carbocycles. The number of ketones is 1. The van der Waals surface area contributed by atoms with Gasteiger partial charge in [0.05, 0.1) is 11.6 Å². The normalized spacial score (nSPS) is 49.6. The molecule has 110 valence electrons. The smallest absolute Gasteiger partial charge is 0.307 e. The fraction of sp³-hybridized carbons (Fsp3) is 0.800. The van der Waals surface area contributed by atoms with Crippen molar-refractivity contribution in [3.8, 4) is 0 Å². The van der Waals surface area contributed by atoms with Gasteiger partial charge >= 0.3 is 5.97 Å². The summed E-state index contributed by atoms with van der Waals surface area (Å²) in [5.41, 5.74) is -0.229. The largest absolute Gasteiger partial charge is 0.481 e. The summed E-state index contributed by atoms with van der Waals surface area (Å²) < 4.78 is 0. The Hall–Kier alpha value is -1.39. The summed E-state index contributed by atoms with van der Waals surface area (Å²) in [5.74, 6) is -1.75. The minimum absolute atomic E-state index is 0.000648. The molecule has 2 N–H and O–H groups in total. The summed E-state index contributed by atoms with van der Waals surface area (Å²) in [6, 6.07) is 0. The molecule has 3 aliphatic rings. The second kappa shape index (κ2) is 3.83. The lowest BCUT2D eigenvalue weighted by Gasteiger charge is -2.41. The average molecular weight is 279 g/mol. The first-order valence-corrected chi connectivity index (χ1v) is 7.28. The maximum atomic E-state index is 13.0. The molecule has 0 saturated heterocycles. The summed E-state index contributed by atoms with van der Waals surface area (Å²) in [7, 11) is 0. The van der Waals surface area contributed by atoms with E-state index in [4.69, 9.17) is 0 Å². The summed E-state index contributed by atoms with van der Waals surface area (Å²) in [4.78, 5) is 24.5. The summed E-state index contributed by atoms with van der Waals surface area (Å²) >= 11 is 0. The molecular weight excluding hydrogens is 258 g/mol. The van der Waals surface area contributed by atoms with Crippen LogP contribution < -0.4 is 0 Å². The topological polar surface area (TPSA) is 87.0 Å². The maximum Gasteiger partial charge on any atom is 0.307 e. The van der Waals surface area contributed by atoms with Gasteiger partial charge in [-0.3, -0.25) is 9.59 Å². The number of carbonyl (C=O) groups excluding carboxylic acids is 1. The number of carbonyl (C=O) groups is 2. The first-order chi connectivity index (χ1) is 9.30. The summed E-state index contributed by atoms with van der Waals surface area (Å²) in [5, 5.41) is 22.0. The van der Waals surface area contributed by atoms with Crippen molar-refractivity contribution in [1.82, 2.24) is 0 Å². The predicted molar refractivity (Wildman–Crippen MR) is 71.6 cm³/mol. The van der Waals surface area contributed by atoms with Crippen LogP contribution in [0.3, 0.4) is 0 Å². The molecule has 0 amide bonds. The number of hydrogen-bond acceptors (Lipinski definition) is 4. The molecule has 0 aromatic rings. The lowest BCUT2D eigenvalue weighted by atomic mass is 9.61. The average Bonchev–Trinajstić information content (AvgIpc) is 2.74. The molecule has 0 aromatic carbocycles. The Balaban J connectivity index is 2.16. The third-order valence-electron chi connectivity index (χ3n) is 6.66. The number of carboxylic acid groups (broad SMARTS) is 1. The first kappa shape index (κ1) is 13.6. The molecule has 3 saturated carbocycles. The monoisotopic (exact) mass is 279 g/mol. The number of aliphatic carboxylic acids is 1. The van der Waals surface area contributed by atoms with Gasteiger partial charge in [-0.2, -0.15) is 0 Å². The molecule has 0 spiro atoms. The van der Waals surface area contributed by atoms with Crippen LogP contribution in [-0.4, -0.2) is 27.8 Å². The van der Waals surface area contributed by atoms with E-state index >= 15 is 0 Å². The van der Waals surface area contributed by atoms with E-state index in [1.165, 1.54) is 0 Å². The second-order valence-corrected chi connectivity index (χ2v) is 7.08. The number of oxime groups is 1. The minimum atomic E-state index is -0.898. The predicted octanol–water partition coefficient (Wildman–Crippen LogP) is 2.18. The van der Waals surface area contributed by atoms with E-state index < -0.39 is 17.3 Å². The van der Waals surface area contributed by atoms with Crippen molar-refractivity contribution < 1.29 is 19.9 Å². The minimum Gasteiger partial charge on any atom is -0.481 e. The first-order valence-electron chi connectivity index (χ1n) is 7.28. The van der Waals surface area contributed by atoms with E-state index in [0.717, 1.165) is 6.42 Å². The highest BCUT2D eigenvalue weighted by molar-refractivity contribution is 6.03. The molecule has 20 heavy (non-hydrogen) atoms. The number of carboxylic acids is 1. The molecule has 5 nitrogen and oxygen atoms in total. The van der Waals surface area contributed by atoms with Crippen molar-refractivity contribution in [1.29, 1.82) is 0 Å². The van der Waals surface area contributed by atoms with Gasteiger partial charge in [0, 0.05) is 17.3 Å². The van der Waals surface area contributed by atoms with E-state index in [2.05, 4.69) is 12.1 Å². The third kappa shape index (κ3) is 1.22. The molecule has 0 aliphatic heterocycles. The van der Waals surface area contributed by atoms with E-state index in [9.17, 15) is 19.9 Å². The Morgan fingerprint density at radius 1 is 1.45 bits per heavy atom. The second-order valence-electron chi connectivity index (χ2n) is 7.08. The summed E-state index contributed by atoms with van der Waals surface area (Å²) in [6.07, 6.45) is 2.10. The van der Waals surface area contributed by atoms with Gasteiger partial charge in [-0.15, -0.1) is 0 Å². The molecule has 0 radical (unpaired) electrons. The molecule has 0 aromatic heterocycles. The van der Waals surface area contributed by atoms with Crippen LogP contribution in [0, 0.1) is 34.5 Å². The van der Waals surface area contributed by atoms with Gasteiger partial charge in [-0.05, 0) is 30.6 Å². The van der Waals surface area contributed by atoms with E-state index in [0.29, 0.717) is 18.6 Å². The Morgan fingerprint density at radius 2 is 2.10 bits per heavy atom. The van der Waals surface area contributed by atoms with Crippen LogP contribution in [0.1, 0.15) is 40.0 Å². The van der Waals surface area contributed by atoms with Gasteiger partial charge in [-0.25, -0.2) is 0 Å². The van der Waals surface area contributed by atoms with Gasteiger partial charge in [-0.1, -0.05) is 25.9 Å². The fourth-order valence-electron chi connectivity index (χ4n) is 5.55. The zero-order valence-electron chi connectivity index (χ0n) is 12.1. The van der Waals surface area contributed by atoms with Crippen molar-refractivity contribution in [2.45, 2.75) is 40.0 Å². The van der Waals surface area contributed by atoms with Crippen molar-refractivity contribution in [2.24, 2.45) is 39.7 Å². The molecule has 3 rings (SSSR count). The molecule has 6 unspecified atom stereocenters. The molecule has 6 atom stereocenters. The van der Waals surface area contributed by atoms with Crippen molar-refractivity contribution in [3.63, 3.8) is 0 Å². The van der Waals surface area contributed by atoms with Crippen LogP contribution in [0.5, 0.6) is 0 Å². The molecule has 3 fully saturated rings. The molecule has 0 heterocycles. The van der Waals surface area contributed by atoms with Crippen LogP contribution in [0.25, 0.3) is 0 Å². The highest BCUT2D eigenvalue weighted by Crippen LogP contribution is 2.73. The zero-order valence-corrected chi connectivity index (χ0v) is 12.1. The van der Waals surface area contributed by atoms with Gasteiger partial charge in [0.25, 0.3) is 0 Å². The number of hydrogen-bond donors (Lipinski definition) is 2. The Morgan fingerprint density at radius 3 is 2.65 bits per heavy atom. The van der Waals surface area contributed by atoms with Crippen LogP contribution in [-0.2, 0) is 9.59 Å². The highest BCUT2D eigenvalue weighted by Gasteiger charge is 2.75. The Kier molecular flexibility index (Phi) is 2.60. The van der Waals surface area contributed by atoms with Crippen molar-refractivity contribution in [2.75, 3.05) is 0 Å². The lowest BCUT2D eigenvalue weighted by molar-refractivity contribution is -0.152. The van der Waals surface area contributed by atoms with Crippen LogP contribution in [0.15, 0.2) is 5.16 Å². The Bertz CT molecular complexity index is 528. The Labute approximate surface area is 118 Å². The van der Waals surface area contributed by atoms with E-state index in [1.54, 1.807) is 6.92 Å². The third-order valence-corrected chi connectivity index (χ3v) is 6.66. The van der Waals surface area contributed by atoms with Crippen molar-refractivity contribution in [3.05, 3.63) is 0 Å². The van der Waals surface area contributed by atoms with Crippen molar-refractivity contribution >= 4 is 17.5 Å². The van der Waals surface area contributed by atoms with Crippen LogP contribution in [0.4, 0.5) is 0 Å². The zero-order chi connectivity index (χ0) is 14.9. The molecule has 5 heteroatoms. The number of nitrogens with zero attached hydrogens (tertiary/aromatic N) is 1. The molecule has 4 bridgehead atoms. The SMILES string of the molecule is CC1C(=NO)CC2C3(C)CCC2(C(C)C(=O)O)C(=O)C13. The van der Waals surface area contributed by atoms with Crippen LogP contribution >= 0.6 is 0 Å². The number of rotatable bonds is 2. The van der Waals surface area contributed by atoms with Crippen LogP contribution in [0.2, 0.25) is 0 Å². The standard InChI is InChI=1S/C15H21NO4/c1-7-9(16-20)6-10-14(3)4-5-15(10,8(2)13(18)19)12(17)11(7)14/h7-8,10-11,20H,4-6H2,1-3H3,(H,18,19). The lowest BCUT2D eigenvalue weighted by Crippen LogP contribution is -2.43. The molecular formula is C15H21NO4. The van der Waals surface area contributed by atoms with Gasteiger partial charge < -0.3 is 10.3 Å². The van der Waals surface area contributed by atoms with E-state index in [-0.39, 0.29) is 29.0 Å². The summed E-state index contributed by atoms with van der Waals surface area (Å²) in [6.45, 7) is 5.71. The highest BCUT2D eigenvalue weighted by atomic mass is 16.4. The van der Waals surface area contributed by atoms with Gasteiger partial charge in [0.2, 0.25) is 0 Å². The number of Topliss-reactive ketones (excluding diaryl/α,β-unsaturated/α-hetero) is 1. The fourth-order valence-corrected chi connectivity index (χ4v) is 5.55. The van der Waals surface area contributed by atoms with Gasteiger partial charge in [0.1, 0.15) is 5.78 Å².